The van der Waals surface area contributed by atoms with Gasteiger partial charge in [-0.05, 0) is 24.7 Å². The van der Waals surface area contributed by atoms with Crippen molar-refractivity contribution in [3.63, 3.8) is 0 Å². The topological polar surface area (TPSA) is 42.2 Å². The number of furan rings is 1. The van der Waals surface area contributed by atoms with Crippen LogP contribution in [-0.4, -0.2) is 11.3 Å². The SMILES string of the molecule is CNCc1ccc(CS(=O)Cc2ccccc2)o1. The monoisotopic (exact) mass is 263 g/mol. The average molecular weight is 263 g/mol. The van der Waals surface area contributed by atoms with E-state index in [-0.39, 0.29) is 0 Å². The van der Waals surface area contributed by atoms with Crippen molar-refractivity contribution in [2.24, 2.45) is 0 Å². The molecule has 1 aromatic heterocycles. The molecule has 0 aliphatic carbocycles. The summed E-state index contributed by atoms with van der Waals surface area (Å²) in [5, 5.41) is 3.02. The summed E-state index contributed by atoms with van der Waals surface area (Å²) in [6.07, 6.45) is 0. The molecule has 0 radical (unpaired) electrons. The van der Waals surface area contributed by atoms with E-state index >= 15 is 0 Å². The molecule has 0 amide bonds. The third-order valence-electron chi connectivity index (χ3n) is 2.54. The second kappa shape index (κ2) is 6.52. The summed E-state index contributed by atoms with van der Waals surface area (Å²) in [5.41, 5.74) is 1.10. The highest BCUT2D eigenvalue weighted by atomic mass is 32.2. The van der Waals surface area contributed by atoms with E-state index < -0.39 is 10.8 Å². The van der Waals surface area contributed by atoms with Crippen LogP contribution in [0.4, 0.5) is 0 Å². The van der Waals surface area contributed by atoms with E-state index in [1.54, 1.807) is 0 Å². The van der Waals surface area contributed by atoms with Crippen molar-refractivity contribution < 1.29 is 8.63 Å². The Labute approximate surface area is 110 Å². The first-order valence-corrected chi connectivity index (χ1v) is 7.38. The highest BCUT2D eigenvalue weighted by molar-refractivity contribution is 7.83. The van der Waals surface area contributed by atoms with E-state index in [4.69, 9.17) is 4.42 Å². The van der Waals surface area contributed by atoms with Crippen molar-refractivity contribution in [2.45, 2.75) is 18.1 Å². The minimum atomic E-state index is -0.927. The zero-order valence-corrected chi connectivity index (χ0v) is 11.2. The molecular weight excluding hydrogens is 246 g/mol. The van der Waals surface area contributed by atoms with Crippen LogP contribution < -0.4 is 5.32 Å². The van der Waals surface area contributed by atoms with Crippen LogP contribution >= 0.6 is 0 Å². The van der Waals surface area contributed by atoms with Crippen molar-refractivity contribution in [1.29, 1.82) is 0 Å². The van der Waals surface area contributed by atoms with Gasteiger partial charge in [-0.2, -0.15) is 0 Å². The summed E-state index contributed by atoms with van der Waals surface area (Å²) in [6.45, 7) is 0.700. The molecule has 2 rings (SSSR count). The minimum absolute atomic E-state index is 0.471. The first kappa shape index (κ1) is 13.1. The van der Waals surface area contributed by atoms with Gasteiger partial charge < -0.3 is 9.73 Å². The van der Waals surface area contributed by atoms with Gasteiger partial charge in [0.05, 0.1) is 12.3 Å². The van der Waals surface area contributed by atoms with Gasteiger partial charge in [0.25, 0.3) is 0 Å². The Balaban J connectivity index is 1.90. The van der Waals surface area contributed by atoms with Gasteiger partial charge in [-0.3, -0.25) is 4.21 Å². The van der Waals surface area contributed by atoms with E-state index in [9.17, 15) is 4.21 Å². The van der Waals surface area contributed by atoms with Crippen LogP contribution in [0, 0.1) is 0 Å². The molecule has 1 atom stereocenters. The van der Waals surface area contributed by atoms with Gasteiger partial charge in [0.1, 0.15) is 11.5 Å². The van der Waals surface area contributed by atoms with Crippen LogP contribution in [0.3, 0.4) is 0 Å². The van der Waals surface area contributed by atoms with Crippen LogP contribution in [0.1, 0.15) is 17.1 Å². The average Bonchev–Trinajstić information content (AvgIpc) is 2.78. The van der Waals surface area contributed by atoms with Crippen LogP contribution in [0.15, 0.2) is 46.9 Å². The highest BCUT2D eigenvalue weighted by Gasteiger charge is 2.07. The molecule has 0 saturated heterocycles. The molecule has 2 aromatic rings. The number of benzene rings is 1. The highest BCUT2D eigenvalue weighted by Crippen LogP contribution is 2.12. The largest absolute Gasteiger partial charge is 0.464 e. The first-order valence-electron chi connectivity index (χ1n) is 5.89. The molecule has 1 unspecified atom stereocenters. The van der Waals surface area contributed by atoms with Crippen LogP contribution in [-0.2, 0) is 28.9 Å². The number of hydrogen-bond acceptors (Lipinski definition) is 3. The van der Waals surface area contributed by atoms with Gasteiger partial charge in [0.2, 0.25) is 0 Å². The van der Waals surface area contributed by atoms with Gasteiger partial charge >= 0.3 is 0 Å². The molecule has 3 nitrogen and oxygen atoms in total. The van der Waals surface area contributed by atoms with E-state index in [1.807, 2.05) is 49.5 Å². The van der Waals surface area contributed by atoms with Crippen molar-refractivity contribution in [1.82, 2.24) is 5.32 Å². The summed E-state index contributed by atoms with van der Waals surface area (Å²) in [7, 11) is 0.944. The predicted molar refractivity (Wildman–Crippen MR) is 73.5 cm³/mol. The van der Waals surface area contributed by atoms with Crippen LogP contribution in [0.2, 0.25) is 0 Å². The van der Waals surface area contributed by atoms with Crippen molar-refractivity contribution in [3.8, 4) is 0 Å². The van der Waals surface area contributed by atoms with Crippen LogP contribution in [0.5, 0.6) is 0 Å². The number of hydrogen-bond donors (Lipinski definition) is 1. The van der Waals surface area contributed by atoms with Crippen molar-refractivity contribution in [2.75, 3.05) is 7.05 Å². The maximum Gasteiger partial charge on any atom is 0.117 e. The zero-order chi connectivity index (χ0) is 12.8. The molecule has 0 spiro atoms. The number of rotatable bonds is 6. The summed E-state index contributed by atoms with van der Waals surface area (Å²) in [4.78, 5) is 0. The summed E-state index contributed by atoms with van der Waals surface area (Å²) in [5.74, 6) is 2.71. The Kier molecular flexibility index (Phi) is 4.73. The molecule has 96 valence electrons. The molecular formula is C14H17NO2S. The number of nitrogens with one attached hydrogen (secondary N) is 1. The van der Waals surface area contributed by atoms with Crippen LogP contribution in [0.25, 0.3) is 0 Å². The molecule has 0 saturated carbocycles. The van der Waals surface area contributed by atoms with Gasteiger partial charge in [0, 0.05) is 16.6 Å². The Hall–Kier alpha value is -1.39. The second-order valence-corrected chi connectivity index (χ2v) is 5.57. The first-order chi connectivity index (χ1) is 8.78. The molecule has 4 heteroatoms. The standard InChI is InChI=1S/C14H17NO2S/c1-15-9-13-7-8-14(17-13)11-18(16)10-12-5-3-2-4-6-12/h2-8,15H,9-11H2,1H3. The molecule has 1 N–H and O–H groups in total. The molecule has 1 heterocycles. The third-order valence-corrected chi connectivity index (χ3v) is 3.80. The fraction of sp³-hybridized carbons (Fsp3) is 0.286. The normalized spacial score (nSPS) is 12.5. The molecule has 1 aromatic carbocycles. The fourth-order valence-electron chi connectivity index (χ4n) is 1.74. The quantitative estimate of drug-likeness (QED) is 0.870. The Morgan fingerprint density at radius 3 is 2.50 bits per heavy atom. The maximum atomic E-state index is 12.0. The van der Waals surface area contributed by atoms with E-state index in [0.717, 1.165) is 17.1 Å². The molecule has 0 aliphatic rings. The van der Waals surface area contributed by atoms with E-state index in [1.165, 1.54) is 0 Å². The van der Waals surface area contributed by atoms with E-state index in [2.05, 4.69) is 5.32 Å². The predicted octanol–water partition coefficient (Wildman–Crippen LogP) is 2.45. The summed E-state index contributed by atoms with van der Waals surface area (Å²) in [6, 6.07) is 13.7. The second-order valence-electron chi connectivity index (χ2n) is 4.11. The van der Waals surface area contributed by atoms with Crippen molar-refractivity contribution >= 4 is 10.8 Å². The molecule has 0 aliphatic heterocycles. The minimum Gasteiger partial charge on any atom is -0.464 e. The summed E-state index contributed by atoms with van der Waals surface area (Å²) >= 11 is 0. The van der Waals surface area contributed by atoms with Gasteiger partial charge in [-0.15, -0.1) is 0 Å². The fourth-order valence-corrected chi connectivity index (χ4v) is 2.88. The molecule has 0 bridgehead atoms. The lowest BCUT2D eigenvalue weighted by molar-refractivity contribution is 0.467. The van der Waals surface area contributed by atoms with E-state index in [0.29, 0.717) is 18.1 Å². The van der Waals surface area contributed by atoms with Gasteiger partial charge in [-0.25, -0.2) is 0 Å². The molecule has 0 fully saturated rings. The Bertz CT molecular complexity index is 508. The van der Waals surface area contributed by atoms with Crippen molar-refractivity contribution in [3.05, 3.63) is 59.5 Å². The Morgan fingerprint density at radius 2 is 1.78 bits per heavy atom. The maximum absolute atomic E-state index is 12.0. The molecule has 18 heavy (non-hydrogen) atoms. The Morgan fingerprint density at radius 1 is 1.06 bits per heavy atom. The summed E-state index contributed by atoms with van der Waals surface area (Å²) < 4.78 is 17.6. The zero-order valence-electron chi connectivity index (χ0n) is 10.4. The van der Waals surface area contributed by atoms with Gasteiger partial charge in [-0.1, -0.05) is 30.3 Å². The lowest BCUT2D eigenvalue weighted by Crippen LogP contribution is -2.03. The smallest absolute Gasteiger partial charge is 0.117 e. The lowest BCUT2D eigenvalue weighted by Gasteiger charge is -2.00. The lowest BCUT2D eigenvalue weighted by atomic mass is 10.2. The third kappa shape index (κ3) is 3.82. The van der Waals surface area contributed by atoms with Gasteiger partial charge in [0.15, 0.2) is 0 Å².